The first kappa shape index (κ1) is 24.9. The van der Waals surface area contributed by atoms with E-state index in [9.17, 15) is 4.39 Å². The van der Waals surface area contributed by atoms with Gasteiger partial charge in [0.1, 0.15) is 0 Å². The normalized spacial score (nSPS) is 27.4. The van der Waals surface area contributed by atoms with Gasteiger partial charge >= 0.3 is 0 Å². The summed E-state index contributed by atoms with van der Waals surface area (Å²) in [6, 6.07) is 8.53. The van der Waals surface area contributed by atoms with Crippen molar-refractivity contribution < 1.29 is 9.13 Å². The third-order valence-electron chi connectivity index (χ3n) is 7.73. The predicted molar refractivity (Wildman–Crippen MR) is 136 cm³/mol. The molecular weight excluding hydrogens is 429 g/mol. The van der Waals surface area contributed by atoms with Gasteiger partial charge in [0.2, 0.25) is 5.95 Å². The summed E-state index contributed by atoms with van der Waals surface area (Å²) in [4.78, 5) is 11.0. The molecule has 2 fully saturated rings. The molecule has 1 aromatic heterocycles. The molecule has 7 heteroatoms. The second kappa shape index (κ2) is 9.42. The van der Waals surface area contributed by atoms with E-state index in [1.54, 1.807) is 0 Å². The zero-order valence-electron chi connectivity index (χ0n) is 21.7. The number of hydrogen-bond donors (Lipinski definition) is 2. The molecule has 0 amide bonds. The maximum Gasteiger partial charge on any atom is 0.229 e. The number of nitrogens with zero attached hydrogens (tertiary/aromatic N) is 3. The zero-order valence-corrected chi connectivity index (χ0v) is 21.7. The molecule has 34 heavy (non-hydrogen) atoms. The summed E-state index contributed by atoms with van der Waals surface area (Å²) in [6.45, 7) is 13.2. The highest BCUT2D eigenvalue weighted by atomic mass is 19.1. The van der Waals surface area contributed by atoms with E-state index >= 15 is 0 Å². The average Bonchev–Trinajstić information content (AvgIpc) is 2.74. The number of nitrogens with one attached hydrogen (secondary N) is 2. The molecule has 1 aromatic carbocycles. The Morgan fingerprint density at radius 3 is 2.18 bits per heavy atom. The summed E-state index contributed by atoms with van der Waals surface area (Å²) in [6.07, 6.45) is 5.70. The van der Waals surface area contributed by atoms with Crippen LogP contribution in [-0.4, -0.2) is 51.2 Å². The third-order valence-corrected chi connectivity index (χ3v) is 7.73. The van der Waals surface area contributed by atoms with Gasteiger partial charge in [-0.15, -0.1) is 0 Å². The lowest BCUT2D eigenvalue weighted by molar-refractivity contribution is -0.0380. The Morgan fingerprint density at radius 1 is 1.00 bits per heavy atom. The second-order valence-corrected chi connectivity index (χ2v) is 11.5. The van der Waals surface area contributed by atoms with Gasteiger partial charge in [0.15, 0.2) is 11.6 Å². The Morgan fingerprint density at radius 2 is 1.59 bits per heavy atom. The van der Waals surface area contributed by atoms with Gasteiger partial charge in [-0.3, -0.25) is 4.90 Å². The molecule has 2 atom stereocenters. The molecule has 2 aliphatic heterocycles. The van der Waals surface area contributed by atoms with Crippen LogP contribution in [0, 0.1) is 5.82 Å². The van der Waals surface area contributed by atoms with E-state index in [1.165, 1.54) is 11.8 Å². The minimum atomic E-state index is -0.432. The highest BCUT2D eigenvalue weighted by molar-refractivity contribution is 5.55. The number of anilines is 3. The van der Waals surface area contributed by atoms with Crippen molar-refractivity contribution in [1.29, 1.82) is 0 Å². The maximum atomic E-state index is 14.6. The van der Waals surface area contributed by atoms with Crippen molar-refractivity contribution in [2.45, 2.75) is 102 Å². The van der Waals surface area contributed by atoms with Crippen LogP contribution >= 0.6 is 0 Å². The largest absolute Gasteiger partial charge is 0.376 e. The molecule has 186 valence electrons. The summed E-state index contributed by atoms with van der Waals surface area (Å²) in [5.41, 5.74) is 2.22. The Kier molecular flexibility index (Phi) is 6.89. The number of halogens is 1. The topological polar surface area (TPSA) is 62.3 Å². The van der Waals surface area contributed by atoms with E-state index in [2.05, 4.69) is 86.2 Å². The molecule has 2 aromatic rings. The number of rotatable bonds is 5. The van der Waals surface area contributed by atoms with Gasteiger partial charge < -0.3 is 15.4 Å². The minimum absolute atomic E-state index is 0.00575. The van der Waals surface area contributed by atoms with Gasteiger partial charge in [0.25, 0.3) is 0 Å². The molecule has 0 radical (unpaired) electrons. The van der Waals surface area contributed by atoms with E-state index in [-0.39, 0.29) is 35.1 Å². The van der Waals surface area contributed by atoms with Crippen LogP contribution in [0.4, 0.5) is 21.8 Å². The molecular formula is C27H40FN5O. The fourth-order valence-corrected chi connectivity index (χ4v) is 5.84. The highest BCUT2D eigenvalue weighted by Crippen LogP contribution is 2.38. The summed E-state index contributed by atoms with van der Waals surface area (Å²) in [5.74, 6) is 0.712. The molecule has 0 saturated carbocycles. The molecule has 2 saturated heterocycles. The van der Waals surface area contributed by atoms with Crippen LogP contribution in [-0.2, 0) is 4.74 Å². The second-order valence-electron chi connectivity index (χ2n) is 11.5. The van der Waals surface area contributed by atoms with Gasteiger partial charge in [-0.05, 0) is 97.9 Å². The molecule has 0 spiro atoms. The van der Waals surface area contributed by atoms with Crippen molar-refractivity contribution in [2.24, 2.45) is 0 Å². The van der Waals surface area contributed by atoms with Crippen molar-refractivity contribution >= 4 is 17.5 Å². The highest BCUT2D eigenvalue weighted by Gasteiger charge is 2.43. The van der Waals surface area contributed by atoms with Crippen molar-refractivity contribution in [1.82, 2.24) is 14.9 Å². The van der Waals surface area contributed by atoms with Crippen LogP contribution in [0.1, 0.15) is 78.7 Å². The molecule has 2 N–H and O–H groups in total. The number of piperidine rings is 1. The Bertz CT molecular complexity index is 965. The summed E-state index contributed by atoms with van der Waals surface area (Å²) in [5, 5.41) is 6.60. The predicted octanol–water partition coefficient (Wildman–Crippen LogP) is 6.09. The standard InChI is InChI=1S/C27H40FN5O/c1-17-12-20(13-18(2)34-17)19-8-10-21(11-9-19)31-25-29-16-23(28)24(32-25)30-22-14-26(3,4)33(7)27(5,6)15-22/h8-11,16-18,20,22H,12-15H2,1-7H3,(H2,29,30,31,32). The van der Waals surface area contributed by atoms with E-state index in [0.717, 1.165) is 31.4 Å². The number of hydrogen-bond acceptors (Lipinski definition) is 6. The smallest absolute Gasteiger partial charge is 0.229 e. The van der Waals surface area contributed by atoms with E-state index in [1.807, 2.05) is 12.1 Å². The quantitative estimate of drug-likeness (QED) is 0.552. The molecule has 0 aliphatic carbocycles. The Balaban J connectivity index is 1.44. The van der Waals surface area contributed by atoms with Gasteiger partial charge in [0, 0.05) is 22.8 Å². The molecule has 4 rings (SSSR count). The van der Waals surface area contributed by atoms with Crippen LogP contribution in [0.3, 0.4) is 0 Å². The first-order valence-corrected chi connectivity index (χ1v) is 12.5. The lowest BCUT2D eigenvalue weighted by Crippen LogP contribution is -2.61. The van der Waals surface area contributed by atoms with Crippen molar-refractivity contribution in [3.63, 3.8) is 0 Å². The number of likely N-dealkylation sites (tertiary alicyclic amines) is 1. The van der Waals surface area contributed by atoms with Gasteiger partial charge in [0.05, 0.1) is 18.4 Å². The van der Waals surface area contributed by atoms with E-state index in [4.69, 9.17) is 4.74 Å². The number of benzene rings is 1. The first-order chi connectivity index (χ1) is 15.9. The summed E-state index contributed by atoms with van der Waals surface area (Å²) < 4.78 is 20.5. The third kappa shape index (κ3) is 5.52. The Labute approximate surface area is 203 Å². The van der Waals surface area contributed by atoms with Crippen molar-refractivity contribution in [3.05, 3.63) is 41.8 Å². The van der Waals surface area contributed by atoms with Gasteiger partial charge in [-0.25, -0.2) is 9.37 Å². The lowest BCUT2D eigenvalue weighted by Gasteiger charge is -2.53. The van der Waals surface area contributed by atoms with Gasteiger partial charge in [-0.1, -0.05) is 12.1 Å². The molecule has 2 unspecified atom stereocenters. The SMILES string of the molecule is CC1CC(c2ccc(Nc3ncc(F)c(NC4CC(C)(C)N(C)C(C)(C)C4)n3)cc2)CC(C)O1. The number of ether oxygens (including phenoxy) is 1. The first-order valence-electron chi connectivity index (χ1n) is 12.5. The van der Waals surface area contributed by atoms with E-state index in [0.29, 0.717) is 11.9 Å². The maximum absolute atomic E-state index is 14.6. The van der Waals surface area contributed by atoms with Gasteiger partial charge in [-0.2, -0.15) is 4.98 Å². The summed E-state index contributed by atoms with van der Waals surface area (Å²) >= 11 is 0. The monoisotopic (exact) mass is 469 g/mol. The van der Waals surface area contributed by atoms with Crippen LogP contribution in [0.5, 0.6) is 0 Å². The fourth-order valence-electron chi connectivity index (χ4n) is 5.84. The summed E-state index contributed by atoms with van der Waals surface area (Å²) in [7, 11) is 2.16. The number of aromatic nitrogens is 2. The Hall–Kier alpha value is -2.25. The average molecular weight is 470 g/mol. The van der Waals surface area contributed by atoms with Crippen LogP contribution < -0.4 is 10.6 Å². The molecule has 2 aliphatic rings. The fraction of sp³-hybridized carbons (Fsp3) is 0.630. The van der Waals surface area contributed by atoms with Crippen LogP contribution in [0.25, 0.3) is 0 Å². The van der Waals surface area contributed by atoms with Crippen LogP contribution in [0.15, 0.2) is 30.5 Å². The van der Waals surface area contributed by atoms with E-state index < -0.39 is 5.82 Å². The van der Waals surface area contributed by atoms with Crippen LogP contribution in [0.2, 0.25) is 0 Å². The molecule has 0 bridgehead atoms. The van der Waals surface area contributed by atoms with Crippen molar-refractivity contribution in [3.8, 4) is 0 Å². The zero-order chi connectivity index (χ0) is 24.7. The van der Waals surface area contributed by atoms with Crippen molar-refractivity contribution in [2.75, 3.05) is 17.7 Å². The molecule has 6 nitrogen and oxygen atoms in total. The molecule has 3 heterocycles. The minimum Gasteiger partial charge on any atom is -0.376 e. The lowest BCUT2D eigenvalue weighted by atomic mass is 9.77.